The van der Waals surface area contributed by atoms with Crippen molar-refractivity contribution in [2.24, 2.45) is 0 Å². The topological polar surface area (TPSA) is 73.2 Å². The number of thioether (sulfide) groups is 1. The lowest BCUT2D eigenvalue weighted by Gasteiger charge is -2.13. The van der Waals surface area contributed by atoms with Gasteiger partial charge >= 0.3 is 0 Å². The van der Waals surface area contributed by atoms with Crippen LogP contribution in [0.2, 0.25) is 0 Å². The van der Waals surface area contributed by atoms with E-state index in [0.717, 1.165) is 38.7 Å². The molecule has 0 spiro atoms. The van der Waals surface area contributed by atoms with E-state index < -0.39 is 0 Å². The molecule has 0 aliphatic carbocycles. The largest absolute Gasteiger partial charge is 0.497 e. The number of ether oxygens (including phenoxy) is 1. The highest BCUT2D eigenvalue weighted by molar-refractivity contribution is 7.99. The first kappa shape index (κ1) is 23.1. The summed E-state index contributed by atoms with van der Waals surface area (Å²) in [6.45, 7) is 6.06. The number of carbonyl (C=O) groups excluding carboxylic acids is 1. The summed E-state index contributed by atoms with van der Waals surface area (Å²) in [7, 11) is 1.60. The fraction of sp³-hybridized carbons (Fsp3) is 0.240. The zero-order valence-electron chi connectivity index (χ0n) is 19.0. The van der Waals surface area contributed by atoms with Crippen LogP contribution < -0.4 is 15.6 Å². The normalized spacial score (nSPS) is 11.0. The van der Waals surface area contributed by atoms with Gasteiger partial charge in [-0.25, -0.2) is 4.98 Å². The van der Waals surface area contributed by atoms with Gasteiger partial charge in [-0.05, 0) is 62.2 Å². The zero-order chi connectivity index (χ0) is 23.5. The maximum absolute atomic E-state index is 13.6. The van der Waals surface area contributed by atoms with Gasteiger partial charge in [0.05, 0.1) is 23.9 Å². The molecular formula is C25H25N3O3S2. The number of aryl methyl sites for hydroxylation is 3. The van der Waals surface area contributed by atoms with E-state index in [-0.39, 0.29) is 17.2 Å². The predicted octanol–water partition coefficient (Wildman–Crippen LogP) is 5.37. The molecule has 2 heterocycles. The van der Waals surface area contributed by atoms with Crippen molar-refractivity contribution in [1.29, 1.82) is 0 Å². The Hall–Kier alpha value is -3.10. The van der Waals surface area contributed by atoms with Crippen molar-refractivity contribution < 1.29 is 9.53 Å². The Bertz CT molecular complexity index is 1360. The van der Waals surface area contributed by atoms with E-state index in [2.05, 4.69) is 12.2 Å². The Balaban J connectivity index is 1.67. The molecule has 33 heavy (non-hydrogen) atoms. The number of thiophene rings is 1. The second kappa shape index (κ2) is 9.80. The third-order valence-electron chi connectivity index (χ3n) is 5.35. The maximum Gasteiger partial charge on any atom is 0.267 e. The molecule has 0 unspecified atom stereocenters. The lowest BCUT2D eigenvalue weighted by Crippen LogP contribution is -2.22. The molecule has 2 aromatic carbocycles. The van der Waals surface area contributed by atoms with Crippen molar-refractivity contribution in [2.75, 3.05) is 18.2 Å². The van der Waals surface area contributed by atoms with Gasteiger partial charge < -0.3 is 10.1 Å². The van der Waals surface area contributed by atoms with E-state index in [1.165, 1.54) is 11.8 Å². The van der Waals surface area contributed by atoms with Crippen LogP contribution >= 0.6 is 23.1 Å². The quantitative estimate of drug-likeness (QED) is 0.285. The first-order valence-electron chi connectivity index (χ1n) is 10.6. The fourth-order valence-corrected chi connectivity index (χ4v) is 5.54. The van der Waals surface area contributed by atoms with Gasteiger partial charge in [-0.3, -0.25) is 14.2 Å². The minimum Gasteiger partial charge on any atom is -0.497 e. The molecule has 0 fully saturated rings. The number of hydrogen-bond acceptors (Lipinski definition) is 6. The average Bonchev–Trinajstić information content (AvgIpc) is 3.14. The second-order valence-corrected chi connectivity index (χ2v) is 9.65. The van der Waals surface area contributed by atoms with E-state index in [4.69, 9.17) is 9.72 Å². The molecule has 4 rings (SSSR count). The van der Waals surface area contributed by atoms with Gasteiger partial charge in [-0.15, -0.1) is 11.3 Å². The summed E-state index contributed by atoms with van der Waals surface area (Å²) in [5.41, 5.74) is 3.41. The molecule has 0 radical (unpaired) electrons. The smallest absolute Gasteiger partial charge is 0.267 e. The van der Waals surface area contributed by atoms with Gasteiger partial charge in [0.1, 0.15) is 10.6 Å². The van der Waals surface area contributed by atoms with Gasteiger partial charge in [0, 0.05) is 10.6 Å². The summed E-state index contributed by atoms with van der Waals surface area (Å²) in [5.74, 6) is 0.673. The molecule has 0 atom stereocenters. The van der Waals surface area contributed by atoms with Crippen molar-refractivity contribution in [3.63, 3.8) is 0 Å². The van der Waals surface area contributed by atoms with E-state index in [9.17, 15) is 9.59 Å². The highest BCUT2D eigenvalue weighted by Crippen LogP contribution is 2.30. The van der Waals surface area contributed by atoms with Crippen LogP contribution in [0.4, 0.5) is 5.69 Å². The van der Waals surface area contributed by atoms with Crippen LogP contribution in [0.25, 0.3) is 15.9 Å². The number of methoxy groups -OCH3 is 1. The van der Waals surface area contributed by atoms with Crippen LogP contribution in [0.15, 0.2) is 58.5 Å². The molecule has 2 aromatic heterocycles. The highest BCUT2D eigenvalue weighted by atomic mass is 32.2. The molecule has 0 saturated carbocycles. The fourth-order valence-electron chi connectivity index (χ4n) is 3.57. The summed E-state index contributed by atoms with van der Waals surface area (Å²) in [5, 5.41) is 4.04. The van der Waals surface area contributed by atoms with Crippen molar-refractivity contribution in [1.82, 2.24) is 9.55 Å². The number of nitrogens with zero attached hydrogens (tertiary/aromatic N) is 2. The van der Waals surface area contributed by atoms with E-state index in [1.807, 2.05) is 38.1 Å². The molecule has 170 valence electrons. The van der Waals surface area contributed by atoms with E-state index in [0.29, 0.717) is 16.2 Å². The number of carbonyl (C=O) groups is 1. The van der Waals surface area contributed by atoms with Crippen LogP contribution in [-0.4, -0.2) is 28.3 Å². The number of hydrogen-bond donors (Lipinski definition) is 1. The van der Waals surface area contributed by atoms with Gasteiger partial charge in [0.25, 0.3) is 5.56 Å². The zero-order valence-corrected chi connectivity index (χ0v) is 20.6. The first-order valence-corrected chi connectivity index (χ1v) is 12.4. The van der Waals surface area contributed by atoms with Crippen LogP contribution in [0, 0.1) is 13.8 Å². The number of nitrogens with one attached hydrogen (secondary N) is 1. The minimum atomic E-state index is -0.174. The van der Waals surface area contributed by atoms with Crippen molar-refractivity contribution in [3.8, 4) is 11.4 Å². The van der Waals surface area contributed by atoms with Crippen LogP contribution in [0.3, 0.4) is 0 Å². The number of anilines is 1. The summed E-state index contributed by atoms with van der Waals surface area (Å²) in [6, 6.07) is 14.9. The molecule has 0 bridgehead atoms. The van der Waals surface area contributed by atoms with E-state index in [1.54, 1.807) is 47.3 Å². The monoisotopic (exact) mass is 479 g/mol. The van der Waals surface area contributed by atoms with Gasteiger partial charge in [0.2, 0.25) is 5.91 Å². The Morgan fingerprint density at radius 1 is 1.12 bits per heavy atom. The third-order valence-corrected chi connectivity index (χ3v) is 7.62. The molecule has 0 aliphatic heterocycles. The second-order valence-electron chi connectivity index (χ2n) is 7.62. The van der Waals surface area contributed by atoms with Gasteiger partial charge in [-0.2, -0.15) is 0 Å². The Morgan fingerprint density at radius 3 is 2.45 bits per heavy atom. The molecule has 0 saturated heterocycles. The van der Waals surface area contributed by atoms with Crippen molar-refractivity contribution >= 4 is 44.9 Å². The molecule has 1 N–H and O–H groups in total. The first-order chi connectivity index (χ1) is 15.9. The molecular weight excluding hydrogens is 454 g/mol. The number of rotatable bonds is 7. The van der Waals surface area contributed by atoms with Gasteiger partial charge in [0.15, 0.2) is 5.16 Å². The van der Waals surface area contributed by atoms with Crippen LogP contribution in [-0.2, 0) is 11.2 Å². The Kier molecular flexibility index (Phi) is 6.85. The highest BCUT2D eigenvalue weighted by Gasteiger charge is 2.19. The number of benzene rings is 2. The summed E-state index contributed by atoms with van der Waals surface area (Å²) in [4.78, 5) is 32.9. The summed E-state index contributed by atoms with van der Waals surface area (Å²) >= 11 is 2.80. The lowest BCUT2D eigenvalue weighted by atomic mass is 10.2. The van der Waals surface area contributed by atoms with E-state index >= 15 is 0 Å². The molecule has 1 amide bonds. The molecule has 0 aliphatic rings. The summed E-state index contributed by atoms with van der Waals surface area (Å²) < 4.78 is 6.77. The summed E-state index contributed by atoms with van der Waals surface area (Å²) in [6.07, 6.45) is 0.851. The molecule has 6 nitrogen and oxygen atoms in total. The van der Waals surface area contributed by atoms with Crippen molar-refractivity contribution in [3.05, 3.63) is 74.9 Å². The molecule has 4 aromatic rings. The van der Waals surface area contributed by atoms with Gasteiger partial charge in [-0.1, -0.05) is 36.4 Å². The molecule has 8 heteroatoms. The Morgan fingerprint density at radius 2 is 1.82 bits per heavy atom. The Labute approximate surface area is 200 Å². The van der Waals surface area contributed by atoms with Crippen molar-refractivity contribution in [2.45, 2.75) is 32.3 Å². The predicted molar refractivity (Wildman–Crippen MR) is 136 cm³/mol. The number of aromatic nitrogens is 2. The number of amides is 1. The minimum absolute atomic E-state index is 0.102. The third kappa shape index (κ3) is 4.82. The van der Waals surface area contributed by atoms with Crippen LogP contribution in [0.1, 0.15) is 22.9 Å². The SMILES string of the molecule is CCc1sc2nc(SCC(=O)Nc3ccc(OC)cc3)n(-c3ccc(C)cc3)c(=O)c2c1C. The number of fused-ring (bicyclic) bond motifs is 1. The maximum atomic E-state index is 13.6. The lowest BCUT2D eigenvalue weighted by molar-refractivity contribution is -0.113. The standard InChI is InChI=1S/C25H25N3O3S2/c1-5-20-16(3)22-23(33-20)27-25(28(24(22)30)18-10-6-15(2)7-11-18)32-14-21(29)26-17-8-12-19(31-4)13-9-17/h6-13H,5,14H2,1-4H3,(H,26,29). The van der Waals surface area contributed by atoms with Crippen LogP contribution in [0.5, 0.6) is 5.75 Å². The average molecular weight is 480 g/mol.